The smallest absolute Gasteiger partial charge is 0.0635 e. The number of rotatable bonds is 8. The lowest BCUT2D eigenvalue weighted by atomic mass is 10.1. The predicted molar refractivity (Wildman–Crippen MR) is 61.0 cm³/mol. The van der Waals surface area contributed by atoms with Gasteiger partial charge in [-0.1, -0.05) is 27.2 Å². The normalized spacial score (nSPS) is 12.8. The van der Waals surface area contributed by atoms with E-state index in [-0.39, 0.29) is 0 Å². The van der Waals surface area contributed by atoms with Gasteiger partial charge in [-0.25, -0.2) is 0 Å². The van der Waals surface area contributed by atoms with Crippen molar-refractivity contribution in [3.05, 3.63) is 0 Å². The van der Waals surface area contributed by atoms with Gasteiger partial charge in [0.1, 0.15) is 0 Å². The number of hydrogen-bond acceptors (Lipinski definition) is 2. The van der Waals surface area contributed by atoms with Crippen molar-refractivity contribution in [2.45, 2.75) is 46.5 Å². The third kappa shape index (κ3) is 6.91. The molecule has 0 saturated heterocycles. The van der Waals surface area contributed by atoms with Crippen LogP contribution in [0.25, 0.3) is 0 Å². The summed E-state index contributed by atoms with van der Waals surface area (Å²) in [6.45, 7) is 9.98. The zero-order valence-electron chi connectivity index (χ0n) is 9.92. The Bertz CT molecular complexity index is 160. The molecule has 0 bridgehead atoms. The van der Waals surface area contributed by atoms with Crippen LogP contribution >= 0.6 is 0 Å². The third-order valence-electron chi connectivity index (χ3n) is 2.71. The van der Waals surface area contributed by atoms with E-state index < -0.39 is 0 Å². The van der Waals surface area contributed by atoms with E-state index in [0.717, 1.165) is 25.6 Å². The first-order valence-electron chi connectivity index (χ1n) is 5.83. The van der Waals surface area contributed by atoms with Crippen LogP contribution in [0.1, 0.15) is 46.5 Å². The number of nitriles is 1. The van der Waals surface area contributed by atoms with Crippen LogP contribution in [0.4, 0.5) is 0 Å². The molecule has 0 saturated carbocycles. The maximum Gasteiger partial charge on any atom is 0.0635 e. The molecule has 0 aromatic rings. The van der Waals surface area contributed by atoms with Gasteiger partial charge in [-0.3, -0.25) is 0 Å². The van der Waals surface area contributed by atoms with E-state index in [0.29, 0.717) is 6.42 Å². The first-order chi connectivity index (χ1) is 6.74. The molecule has 0 amide bonds. The topological polar surface area (TPSA) is 27.0 Å². The first-order valence-corrected chi connectivity index (χ1v) is 5.83. The zero-order valence-corrected chi connectivity index (χ0v) is 9.92. The van der Waals surface area contributed by atoms with E-state index >= 15 is 0 Å². The first kappa shape index (κ1) is 13.4. The minimum absolute atomic E-state index is 0.667. The minimum Gasteiger partial charge on any atom is -0.302 e. The highest BCUT2D eigenvalue weighted by atomic mass is 15.1. The summed E-state index contributed by atoms with van der Waals surface area (Å²) in [5.41, 5.74) is 0. The summed E-state index contributed by atoms with van der Waals surface area (Å²) in [7, 11) is 0. The summed E-state index contributed by atoms with van der Waals surface area (Å²) in [6, 6.07) is 2.22. The molecule has 0 spiro atoms. The molecule has 0 aliphatic carbocycles. The summed E-state index contributed by atoms with van der Waals surface area (Å²) in [5, 5.41) is 8.53. The lowest BCUT2D eigenvalue weighted by Crippen LogP contribution is -2.27. The Kier molecular flexibility index (Phi) is 8.67. The maximum atomic E-state index is 8.53. The second kappa shape index (κ2) is 9.02. The molecule has 0 radical (unpaired) electrons. The van der Waals surface area contributed by atoms with Crippen molar-refractivity contribution in [1.82, 2.24) is 4.90 Å². The molecule has 0 unspecified atom stereocenters. The van der Waals surface area contributed by atoms with E-state index in [4.69, 9.17) is 5.26 Å². The summed E-state index contributed by atoms with van der Waals surface area (Å²) >= 11 is 0. The average Bonchev–Trinajstić information content (AvgIpc) is 2.21. The SMILES string of the molecule is CCCN(CCC#N)CC[C@H](C)CC. The molecule has 0 aliphatic heterocycles. The van der Waals surface area contributed by atoms with Gasteiger partial charge in [0.2, 0.25) is 0 Å². The molecule has 0 aromatic heterocycles. The standard InChI is InChI=1S/C12H24N2/c1-4-9-14(10-6-8-13)11-7-12(3)5-2/h12H,4-7,9-11H2,1-3H3/t12-/m1/s1. The van der Waals surface area contributed by atoms with Gasteiger partial charge in [0.05, 0.1) is 6.07 Å². The Morgan fingerprint density at radius 3 is 2.43 bits per heavy atom. The molecule has 82 valence electrons. The molecular formula is C12H24N2. The van der Waals surface area contributed by atoms with Gasteiger partial charge in [0.15, 0.2) is 0 Å². The van der Waals surface area contributed by atoms with Crippen molar-refractivity contribution in [3.8, 4) is 6.07 Å². The van der Waals surface area contributed by atoms with Gasteiger partial charge in [-0.15, -0.1) is 0 Å². The lowest BCUT2D eigenvalue weighted by Gasteiger charge is -2.21. The predicted octanol–water partition coefficient (Wildman–Crippen LogP) is 3.05. The summed E-state index contributed by atoms with van der Waals surface area (Å²) < 4.78 is 0. The molecule has 14 heavy (non-hydrogen) atoms. The summed E-state index contributed by atoms with van der Waals surface area (Å²) in [6.07, 6.45) is 4.38. The Balaban J connectivity index is 3.67. The zero-order chi connectivity index (χ0) is 10.8. The summed E-state index contributed by atoms with van der Waals surface area (Å²) in [5.74, 6) is 0.816. The van der Waals surface area contributed by atoms with E-state index in [2.05, 4.69) is 31.7 Å². The van der Waals surface area contributed by atoms with E-state index in [1.807, 2.05) is 0 Å². The fraction of sp³-hybridized carbons (Fsp3) is 0.917. The van der Waals surface area contributed by atoms with Gasteiger partial charge < -0.3 is 4.90 Å². The van der Waals surface area contributed by atoms with Crippen molar-refractivity contribution < 1.29 is 0 Å². The van der Waals surface area contributed by atoms with E-state index in [1.54, 1.807) is 0 Å². The van der Waals surface area contributed by atoms with Crippen LogP contribution in [0.15, 0.2) is 0 Å². The van der Waals surface area contributed by atoms with Crippen LogP contribution in [0.2, 0.25) is 0 Å². The Labute approximate surface area is 88.9 Å². The molecule has 0 fully saturated rings. The quantitative estimate of drug-likeness (QED) is 0.596. The van der Waals surface area contributed by atoms with Crippen LogP contribution in [0, 0.1) is 17.2 Å². The van der Waals surface area contributed by atoms with Gasteiger partial charge in [-0.05, 0) is 31.8 Å². The average molecular weight is 196 g/mol. The molecule has 0 heterocycles. The number of hydrogen-bond donors (Lipinski definition) is 0. The lowest BCUT2D eigenvalue weighted by molar-refractivity contribution is 0.258. The molecule has 2 nitrogen and oxygen atoms in total. The van der Waals surface area contributed by atoms with Gasteiger partial charge >= 0.3 is 0 Å². The van der Waals surface area contributed by atoms with E-state index in [1.165, 1.54) is 19.3 Å². The second-order valence-corrected chi connectivity index (χ2v) is 4.05. The monoisotopic (exact) mass is 196 g/mol. The van der Waals surface area contributed by atoms with Crippen LogP contribution in [0.3, 0.4) is 0 Å². The van der Waals surface area contributed by atoms with Crippen molar-refractivity contribution in [1.29, 1.82) is 5.26 Å². The minimum atomic E-state index is 0.667. The van der Waals surface area contributed by atoms with Crippen molar-refractivity contribution >= 4 is 0 Å². The van der Waals surface area contributed by atoms with Crippen LogP contribution in [-0.4, -0.2) is 24.5 Å². The van der Waals surface area contributed by atoms with Crippen molar-refractivity contribution in [2.75, 3.05) is 19.6 Å². The van der Waals surface area contributed by atoms with Crippen molar-refractivity contribution in [2.24, 2.45) is 5.92 Å². The molecule has 0 N–H and O–H groups in total. The second-order valence-electron chi connectivity index (χ2n) is 4.05. The maximum absolute atomic E-state index is 8.53. The molecule has 1 atom stereocenters. The van der Waals surface area contributed by atoms with Gasteiger partial charge in [0.25, 0.3) is 0 Å². The highest BCUT2D eigenvalue weighted by molar-refractivity contribution is 4.72. The molecule has 0 aromatic carbocycles. The van der Waals surface area contributed by atoms with Crippen molar-refractivity contribution in [3.63, 3.8) is 0 Å². The van der Waals surface area contributed by atoms with Gasteiger partial charge in [-0.2, -0.15) is 5.26 Å². The largest absolute Gasteiger partial charge is 0.302 e. The highest BCUT2D eigenvalue weighted by Crippen LogP contribution is 2.08. The van der Waals surface area contributed by atoms with Gasteiger partial charge in [0, 0.05) is 13.0 Å². The highest BCUT2D eigenvalue weighted by Gasteiger charge is 2.05. The molecule has 0 rings (SSSR count). The van der Waals surface area contributed by atoms with Crippen LogP contribution in [-0.2, 0) is 0 Å². The van der Waals surface area contributed by atoms with E-state index in [9.17, 15) is 0 Å². The fourth-order valence-electron chi connectivity index (χ4n) is 1.47. The van der Waals surface area contributed by atoms with Crippen LogP contribution < -0.4 is 0 Å². The Morgan fingerprint density at radius 2 is 1.93 bits per heavy atom. The molecular weight excluding hydrogens is 172 g/mol. The summed E-state index contributed by atoms with van der Waals surface area (Å²) in [4.78, 5) is 2.41. The van der Waals surface area contributed by atoms with Crippen LogP contribution in [0.5, 0.6) is 0 Å². The Hall–Kier alpha value is -0.550. The molecule has 0 aliphatic rings. The third-order valence-corrected chi connectivity index (χ3v) is 2.71. The fourth-order valence-corrected chi connectivity index (χ4v) is 1.47. The Morgan fingerprint density at radius 1 is 1.21 bits per heavy atom. The molecule has 2 heteroatoms. The number of nitrogens with zero attached hydrogens (tertiary/aromatic N) is 2.